The van der Waals surface area contributed by atoms with Gasteiger partial charge >= 0.3 is 0 Å². The molecule has 2 aromatic rings. The molecular weight excluding hydrogens is 231 g/mol. The van der Waals surface area contributed by atoms with Crippen molar-refractivity contribution in [2.24, 2.45) is 0 Å². The molecule has 18 heavy (non-hydrogen) atoms. The van der Waals surface area contributed by atoms with Crippen molar-refractivity contribution in [1.29, 1.82) is 0 Å². The average Bonchev–Trinajstić information content (AvgIpc) is 2.39. The van der Waals surface area contributed by atoms with Gasteiger partial charge in [-0.05, 0) is 42.3 Å². The Balaban J connectivity index is 2.47. The van der Waals surface area contributed by atoms with E-state index in [0.717, 1.165) is 11.1 Å². The van der Waals surface area contributed by atoms with Gasteiger partial charge in [-0.3, -0.25) is 0 Å². The maximum Gasteiger partial charge on any atom is 0.115 e. The topological polar surface area (TPSA) is 40.5 Å². The Morgan fingerprint density at radius 2 is 1.17 bits per heavy atom. The van der Waals surface area contributed by atoms with E-state index in [1.807, 2.05) is 0 Å². The van der Waals surface area contributed by atoms with Gasteiger partial charge in [0.15, 0.2) is 0 Å². The summed E-state index contributed by atoms with van der Waals surface area (Å²) in [6, 6.07) is 13.0. The Kier molecular flexibility index (Phi) is 3.24. The molecule has 0 amide bonds. The summed E-state index contributed by atoms with van der Waals surface area (Å²) in [4.78, 5) is 0. The van der Waals surface area contributed by atoms with Crippen LogP contribution >= 0.6 is 0 Å². The predicted octanol–water partition coefficient (Wildman–Crippen LogP) is 3.37. The fourth-order valence-electron chi connectivity index (χ4n) is 1.98. The van der Waals surface area contributed by atoms with Gasteiger partial charge in [0.2, 0.25) is 0 Å². The SMILES string of the molecule is CC(CF)(c1ccc(O)cc1)c1ccc(O)cc1. The van der Waals surface area contributed by atoms with Gasteiger partial charge < -0.3 is 10.2 Å². The molecule has 0 aliphatic heterocycles. The van der Waals surface area contributed by atoms with Crippen molar-refractivity contribution in [3.8, 4) is 11.5 Å². The fraction of sp³-hybridized carbons (Fsp3) is 0.200. The first-order valence-electron chi connectivity index (χ1n) is 5.71. The minimum absolute atomic E-state index is 0.158. The summed E-state index contributed by atoms with van der Waals surface area (Å²) in [6.45, 7) is 1.24. The number of alkyl halides is 1. The number of benzene rings is 2. The largest absolute Gasteiger partial charge is 0.508 e. The van der Waals surface area contributed by atoms with Gasteiger partial charge in [-0.2, -0.15) is 0 Å². The zero-order chi connectivity index (χ0) is 13.2. The van der Waals surface area contributed by atoms with Crippen LogP contribution in [0.1, 0.15) is 18.1 Å². The average molecular weight is 246 g/mol. The van der Waals surface area contributed by atoms with Gasteiger partial charge in [-0.1, -0.05) is 24.3 Å². The summed E-state index contributed by atoms with van der Waals surface area (Å²) in [7, 11) is 0. The highest BCUT2D eigenvalue weighted by Gasteiger charge is 2.29. The van der Waals surface area contributed by atoms with Crippen molar-refractivity contribution in [2.75, 3.05) is 6.67 Å². The molecule has 0 radical (unpaired) electrons. The molecule has 94 valence electrons. The molecule has 0 aliphatic rings. The summed E-state index contributed by atoms with van der Waals surface area (Å²) in [5.41, 5.74) is 0.795. The van der Waals surface area contributed by atoms with E-state index in [2.05, 4.69) is 0 Å². The molecule has 2 nitrogen and oxygen atoms in total. The summed E-state index contributed by atoms with van der Waals surface area (Å²) < 4.78 is 13.5. The van der Waals surface area contributed by atoms with Crippen molar-refractivity contribution < 1.29 is 14.6 Å². The third-order valence-electron chi connectivity index (χ3n) is 3.28. The quantitative estimate of drug-likeness (QED) is 0.871. The second-order valence-electron chi connectivity index (χ2n) is 4.56. The highest BCUT2D eigenvalue weighted by molar-refractivity contribution is 5.42. The Bertz CT molecular complexity index is 472. The smallest absolute Gasteiger partial charge is 0.115 e. The van der Waals surface area contributed by atoms with Gasteiger partial charge in [0.05, 0.1) is 0 Å². The first kappa shape index (κ1) is 12.4. The molecule has 0 saturated carbocycles. The van der Waals surface area contributed by atoms with E-state index in [1.165, 1.54) is 0 Å². The lowest BCUT2D eigenvalue weighted by atomic mass is 9.77. The van der Waals surface area contributed by atoms with Crippen LogP contribution in [0.25, 0.3) is 0 Å². The number of rotatable bonds is 3. The Morgan fingerprint density at radius 3 is 1.44 bits per heavy atom. The van der Waals surface area contributed by atoms with Crippen molar-refractivity contribution in [1.82, 2.24) is 0 Å². The van der Waals surface area contributed by atoms with E-state index < -0.39 is 12.1 Å². The first-order valence-corrected chi connectivity index (χ1v) is 5.71. The number of halogens is 1. The third-order valence-corrected chi connectivity index (χ3v) is 3.28. The number of phenols is 2. The molecular formula is C15H15FO2. The van der Waals surface area contributed by atoms with Gasteiger partial charge in [-0.25, -0.2) is 4.39 Å². The van der Waals surface area contributed by atoms with Crippen LogP contribution in [0.5, 0.6) is 11.5 Å². The summed E-state index contributed by atoms with van der Waals surface area (Å²) in [5, 5.41) is 18.6. The minimum atomic E-state index is -0.776. The molecule has 0 heterocycles. The molecule has 0 spiro atoms. The summed E-state index contributed by atoms with van der Waals surface area (Å²) in [6.07, 6.45) is 0. The molecule has 0 atom stereocenters. The third kappa shape index (κ3) is 2.16. The molecule has 0 bridgehead atoms. The number of phenolic OH excluding ortho intramolecular Hbond substituents is 2. The van der Waals surface area contributed by atoms with E-state index in [1.54, 1.807) is 55.5 Å². The number of hydrogen-bond donors (Lipinski definition) is 2. The van der Waals surface area contributed by atoms with E-state index in [4.69, 9.17) is 0 Å². The first-order chi connectivity index (χ1) is 8.56. The van der Waals surface area contributed by atoms with Crippen LogP contribution < -0.4 is 0 Å². The highest BCUT2D eigenvalue weighted by atomic mass is 19.1. The number of hydrogen-bond acceptors (Lipinski definition) is 2. The molecule has 2 N–H and O–H groups in total. The maximum absolute atomic E-state index is 13.5. The predicted molar refractivity (Wildman–Crippen MR) is 68.6 cm³/mol. The van der Waals surface area contributed by atoms with Crippen LogP contribution in [0.4, 0.5) is 4.39 Å². The minimum Gasteiger partial charge on any atom is -0.508 e. The van der Waals surface area contributed by atoms with Gasteiger partial charge in [0.25, 0.3) is 0 Å². The van der Waals surface area contributed by atoms with Crippen LogP contribution in [0.3, 0.4) is 0 Å². The Morgan fingerprint density at radius 1 is 0.833 bits per heavy atom. The number of aromatic hydroxyl groups is 2. The lowest BCUT2D eigenvalue weighted by Crippen LogP contribution is -2.26. The molecule has 2 aromatic carbocycles. The Hall–Kier alpha value is -2.03. The van der Waals surface area contributed by atoms with Crippen molar-refractivity contribution in [2.45, 2.75) is 12.3 Å². The lowest BCUT2D eigenvalue weighted by Gasteiger charge is -2.27. The summed E-state index contributed by atoms with van der Waals surface area (Å²) >= 11 is 0. The normalized spacial score (nSPS) is 11.4. The lowest BCUT2D eigenvalue weighted by molar-refractivity contribution is 0.372. The van der Waals surface area contributed by atoms with E-state index in [0.29, 0.717) is 0 Å². The van der Waals surface area contributed by atoms with E-state index in [9.17, 15) is 14.6 Å². The van der Waals surface area contributed by atoms with Crippen LogP contribution in [0.2, 0.25) is 0 Å². The molecule has 3 heteroatoms. The van der Waals surface area contributed by atoms with E-state index in [-0.39, 0.29) is 11.5 Å². The molecule has 0 saturated heterocycles. The molecule has 0 unspecified atom stereocenters. The van der Waals surface area contributed by atoms with Gasteiger partial charge in [0, 0.05) is 5.41 Å². The zero-order valence-electron chi connectivity index (χ0n) is 10.1. The fourth-order valence-corrected chi connectivity index (χ4v) is 1.98. The molecule has 0 aromatic heterocycles. The second-order valence-corrected chi connectivity index (χ2v) is 4.56. The maximum atomic E-state index is 13.5. The van der Waals surface area contributed by atoms with Crippen molar-refractivity contribution in [3.05, 3.63) is 59.7 Å². The zero-order valence-corrected chi connectivity index (χ0v) is 10.1. The van der Waals surface area contributed by atoms with E-state index >= 15 is 0 Å². The molecule has 0 aliphatic carbocycles. The molecule has 0 fully saturated rings. The van der Waals surface area contributed by atoms with Crippen LogP contribution in [0.15, 0.2) is 48.5 Å². The standard InChI is InChI=1S/C15H15FO2/c1-15(10-16,11-2-6-13(17)7-3-11)12-4-8-14(18)9-5-12/h2-9,17-18H,10H2,1H3. The van der Waals surface area contributed by atoms with Crippen LogP contribution in [-0.4, -0.2) is 16.9 Å². The van der Waals surface area contributed by atoms with Crippen molar-refractivity contribution >= 4 is 0 Å². The van der Waals surface area contributed by atoms with Gasteiger partial charge in [0.1, 0.15) is 18.2 Å². The summed E-state index contributed by atoms with van der Waals surface area (Å²) in [5.74, 6) is 0.316. The monoisotopic (exact) mass is 246 g/mol. The molecule has 2 rings (SSSR count). The second kappa shape index (κ2) is 4.69. The van der Waals surface area contributed by atoms with Crippen molar-refractivity contribution in [3.63, 3.8) is 0 Å². The highest BCUT2D eigenvalue weighted by Crippen LogP contribution is 2.34. The van der Waals surface area contributed by atoms with Gasteiger partial charge in [-0.15, -0.1) is 0 Å². The Labute approximate surface area is 105 Å². The van der Waals surface area contributed by atoms with Crippen LogP contribution in [0, 0.1) is 0 Å². The van der Waals surface area contributed by atoms with Crippen LogP contribution in [-0.2, 0) is 5.41 Å².